The van der Waals surface area contributed by atoms with E-state index in [2.05, 4.69) is 90.3 Å². The molecule has 36 heavy (non-hydrogen) atoms. The number of carbonyl (C=O) groups excluding carboxylic acids is 1. The molecule has 2 atom stereocenters. The van der Waals surface area contributed by atoms with E-state index in [4.69, 9.17) is 4.99 Å². The summed E-state index contributed by atoms with van der Waals surface area (Å²) in [6, 6.07) is 0. The van der Waals surface area contributed by atoms with Gasteiger partial charge >= 0.3 is 0 Å². The fraction of sp³-hybridized carbons (Fsp3) is 0.576. The lowest BCUT2D eigenvalue weighted by Gasteiger charge is -2.31. The quantitative estimate of drug-likeness (QED) is 0.146. The van der Waals surface area contributed by atoms with E-state index >= 15 is 0 Å². The molecule has 3 heteroatoms. The zero-order valence-electron chi connectivity index (χ0n) is 24.7. The van der Waals surface area contributed by atoms with Crippen molar-refractivity contribution >= 4 is 11.5 Å². The average Bonchev–Trinajstić information content (AvgIpc) is 2.87. The van der Waals surface area contributed by atoms with Crippen LogP contribution in [0.5, 0.6) is 0 Å². The van der Waals surface area contributed by atoms with Crippen molar-refractivity contribution in [2.45, 2.75) is 88.0 Å². The van der Waals surface area contributed by atoms with Crippen LogP contribution in [0.1, 0.15) is 88.0 Å². The van der Waals surface area contributed by atoms with Gasteiger partial charge in [-0.25, -0.2) is 0 Å². The van der Waals surface area contributed by atoms with Crippen LogP contribution >= 0.6 is 0 Å². The van der Waals surface area contributed by atoms with E-state index < -0.39 is 0 Å². The first-order valence-electron chi connectivity index (χ1n) is 14.0. The van der Waals surface area contributed by atoms with E-state index in [1.807, 2.05) is 6.92 Å². The fourth-order valence-electron chi connectivity index (χ4n) is 4.64. The highest BCUT2D eigenvalue weighted by molar-refractivity contribution is 5.99. The molecular formula is C33H52N2O. The van der Waals surface area contributed by atoms with E-state index in [1.54, 1.807) is 13.0 Å². The summed E-state index contributed by atoms with van der Waals surface area (Å²) in [5.74, 6) is 1.28. The van der Waals surface area contributed by atoms with Crippen molar-refractivity contribution in [3.63, 3.8) is 0 Å². The number of hydrogen-bond donors (Lipinski definition) is 0. The van der Waals surface area contributed by atoms with Crippen molar-refractivity contribution in [2.24, 2.45) is 22.7 Å². The number of aliphatic imine (C=N–C) groups is 1. The predicted octanol–water partition coefficient (Wildman–Crippen LogP) is 8.68. The maximum Gasteiger partial charge on any atom is 0.154 e. The highest BCUT2D eigenvalue weighted by atomic mass is 16.1. The van der Waals surface area contributed by atoms with Gasteiger partial charge in [-0.05, 0) is 120 Å². The summed E-state index contributed by atoms with van der Waals surface area (Å²) in [6.07, 6.45) is 17.1. The molecule has 0 amide bonds. The number of rotatable bonds is 13. The molecule has 0 bridgehead atoms. The molecule has 1 aliphatic heterocycles. The minimum absolute atomic E-state index is 0.00576. The van der Waals surface area contributed by atoms with Gasteiger partial charge in [0.05, 0.1) is 5.70 Å². The number of hydrogen-bond acceptors (Lipinski definition) is 3. The van der Waals surface area contributed by atoms with E-state index in [1.165, 1.54) is 37.1 Å². The van der Waals surface area contributed by atoms with Crippen molar-refractivity contribution in [3.8, 4) is 0 Å². The molecule has 0 aromatic rings. The minimum Gasteiger partial charge on any atom is -0.304 e. The Hall–Kier alpha value is -2.26. The maximum absolute atomic E-state index is 12.2. The standard InChI is InChI=1S/C33H52N2O/c1-11-25(8)31(24(6)7)23-29(14-4)33(22-27(10)36)34-32(26(9)12-2)17-16-28(13-3)30-18-20-35(15-5)21-19-30/h13-14,16-17,22-23,25-26,30H,6,11-12,15,18-21H2,1-5,7-10H3/b17-16-,28-13+,29-14+,31-23+,33-22-,34-32-. The summed E-state index contributed by atoms with van der Waals surface area (Å²) in [7, 11) is 0. The van der Waals surface area contributed by atoms with Crippen LogP contribution in [-0.2, 0) is 4.79 Å². The van der Waals surface area contributed by atoms with Crippen LogP contribution in [0.15, 0.2) is 76.0 Å². The van der Waals surface area contributed by atoms with Crippen molar-refractivity contribution in [2.75, 3.05) is 19.6 Å². The second-order valence-electron chi connectivity index (χ2n) is 10.3. The highest BCUT2D eigenvalue weighted by Crippen LogP contribution is 2.28. The van der Waals surface area contributed by atoms with Gasteiger partial charge in [-0.2, -0.15) is 0 Å². The van der Waals surface area contributed by atoms with Crippen LogP contribution in [0.3, 0.4) is 0 Å². The number of nitrogens with zero attached hydrogens (tertiary/aromatic N) is 2. The Morgan fingerprint density at radius 2 is 1.58 bits per heavy atom. The zero-order valence-corrected chi connectivity index (χ0v) is 24.7. The minimum atomic E-state index is 0.00576. The Morgan fingerprint density at radius 1 is 0.972 bits per heavy atom. The lowest BCUT2D eigenvalue weighted by molar-refractivity contribution is -0.112. The van der Waals surface area contributed by atoms with E-state index in [-0.39, 0.29) is 11.7 Å². The predicted molar refractivity (Wildman–Crippen MR) is 159 cm³/mol. The molecule has 1 heterocycles. The van der Waals surface area contributed by atoms with E-state index in [0.29, 0.717) is 11.8 Å². The van der Waals surface area contributed by atoms with Gasteiger partial charge in [-0.15, -0.1) is 0 Å². The summed E-state index contributed by atoms with van der Waals surface area (Å²) in [4.78, 5) is 19.9. The fourth-order valence-corrected chi connectivity index (χ4v) is 4.64. The Morgan fingerprint density at radius 3 is 2.03 bits per heavy atom. The van der Waals surface area contributed by atoms with Gasteiger partial charge in [-0.1, -0.05) is 65.0 Å². The summed E-state index contributed by atoms with van der Waals surface area (Å²) >= 11 is 0. The third-order valence-corrected chi connectivity index (χ3v) is 7.55. The Kier molecular flexibility index (Phi) is 14.5. The molecule has 0 saturated carbocycles. The third kappa shape index (κ3) is 10.0. The van der Waals surface area contributed by atoms with Crippen LogP contribution in [0.25, 0.3) is 0 Å². The smallest absolute Gasteiger partial charge is 0.154 e. The second kappa shape index (κ2) is 16.5. The molecule has 1 rings (SSSR count). The average molecular weight is 493 g/mol. The third-order valence-electron chi connectivity index (χ3n) is 7.55. The van der Waals surface area contributed by atoms with E-state index in [9.17, 15) is 4.79 Å². The number of carbonyl (C=O) groups is 1. The molecule has 0 radical (unpaired) electrons. The monoisotopic (exact) mass is 492 g/mol. The summed E-state index contributed by atoms with van der Waals surface area (Å²) < 4.78 is 0. The van der Waals surface area contributed by atoms with Crippen LogP contribution in [-0.4, -0.2) is 36.0 Å². The first-order chi connectivity index (χ1) is 17.1. The highest BCUT2D eigenvalue weighted by Gasteiger charge is 2.20. The molecule has 1 fully saturated rings. The molecule has 0 aromatic heterocycles. The van der Waals surface area contributed by atoms with Crippen molar-refractivity contribution < 1.29 is 4.79 Å². The van der Waals surface area contributed by atoms with Gasteiger partial charge < -0.3 is 4.90 Å². The molecule has 0 aliphatic carbocycles. The van der Waals surface area contributed by atoms with Gasteiger partial charge in [0.2, 0.25) is 0 Å². The topological polar surface area (TPSA) is 32.7 Å². The summed E-state index contributed by atoms with van der Waals surface area (Å²) in [5.41, 5.74) is 6.38. The van der Waals surface area contributed by atoms with E-state index in [0.717, 1.165) is 41.9 Å². The van der Waals surface area contributed by atoms with Gasteiger partial charge in [-0.3, -0.25) is 9.79 Å². The molecule has 0 spiro atoms. The molecule has 1 saturated heterocycles. The van der Waals surface area contributed by atoms with Gasteiger partial charge in [0.1, 0.15) is 0 Å². The van der Waals surface area contributed by atoms with Gasteiger partial charge in [0.25, 0.3) is 0 Å². The largest absolute Gasteiger partial charge is 0.304 e. The van der Waals surface area contributed by atoms with Crippen molar-refractivity contribution in [1.82, 2.24) is 4.90 Å². The summed E-state index contributed by atoms with van der Waals surface area (Å²) in [5, 5.41) is 0. The Labute approximate surface area is 222 Å². The zero-order chi connectivity index (χ0) is 27.3. The lowest BCUT2D eigenvalue weighted by atomic mass is 9.88. The molecular weight excluding hydrogens is 440 g/mol. The summed E-state index contributed by atoms with van der Waals surface area (Å²) in [6.45, 7) is 26.6. The van der Waals surface area contributed by atoms with Crippen LogP contribution in [0, 0.1) is 17.8 Å². The normalized spacial score (nSPS) is 19.6. The van der Waals surface area contributed by atoms with Crippen LogP contribution in [0.2, 0.25) is 0 Å². The first kappa shape index (κ1) is 31.8. The number of allylic oxidation sites excluding steroid dienone is 9. The lowest BCUT2D eigenvalue weighted by Crippen LogP contribution is -2.33. The molecule has 1 aliphatic rings. The maximum atomic E-state index is 12.2. The Balaban J connectivity index is 3.45. The van der Waals surface area contributed by atoms with Crippen molar-refractivity contribution in [3.05, 3.63) is 71.0 Å². The molecule has 3 nitrogen and oxygen atoms in total. The molecule has 2 unspecified atom stereocenters. The van der Waals surface area contributed by atoms with Crippen LogP contribution in [0.4, 0.5) is 0 Å². The van der Waals surface area contributed by atoms with Gasteiger partial charge in [0.15, 0.2) is 5.78 Å². The molecule has 0 N–H and O–H groups in total. The number of ketones is 1. The first-order valence-corrected chi connectivity index (χ1v) is 14.0. The molecule has 200 valence electrons. The SMILES string of the molecule is C=C(C)\C(=C/C(=C\C)C(=C/C(C)=O)/N=C(/C=C\C(=C/C)C1CCN(CC)CC1)C(C)CC)C(C)CC. The van der Waals surface area contributed by atoms with Crippen LogP contribution < -0.4 is 0 Å². The number of piperidine rings is 1. The number of likely N-dealkylation sites (tertiary alicyclic amines) is 1. The Bertz CT molecular complexity index is 917. The van der Waals surface area contributed by atoms with Gasteiger partial charge in [0, 0.05) is 11.8 Å². The van der Waals surface area contributed by atoms with Crippen molar-refractivity contribution in [1.29, 1.82) is 0 Å². The molecule has 0 aromatic carbocycles. The second-order valence-corrected chi connectivity index (χ2v) is 10.3.